The number of rotatable bonds is 9. The van der Waals surface area contributed by atoms with Crippen molar-refractivity contribution < 1.29 is 20.1 Å². The molecule has 0 bridgehead atoms. The molecule has 9 nitrogen and oxygen atoms in total. The molecule has 0 aliphatic heterocycles. The van der Waals surface area contributed by atoms with Crippen molar-refractivity contribution in [1.82, 2.24) is 44.3 Å². The summed E-state index contributed by atoms with van der Waals surface area (Å²) in [6.45, 7) is 32.9. The predicted molar refractivity (Wildman–Crippen MR) is 361 cm³/mol. The number of aromatic nitrogens is 9. The van der Waals surface area contributed by atoms with Gasteiger partial charge in [-0.3, -0.25) is 13.7 Å². The molecule has 88 heavy (non-hydrogen) atoms. The minimum atomic E-state index is 0. The zero-order valence-electron chi connectivity index (χ0n) is 53.6. The maximum atomic E-state index is 4.64. The zero-order valence-corrected chi connectivity index (χ0v) is 56.0. The Balaban J connectivity index is 0.000000156. The van der Waals surface area contributed by atoms with E-state index in [4.69, 9.17) is 0 Å². The quantitative estimate of drug-likeness (QED) is 0.143. The molecule has 12 aromatic rings. The summed E-state index contributed by atoms with van der Waals surface area (Å²) in [4.78, 5) is 0. The van der Waals surface area contributed by atoms with E-state index >= 15 is 0 Å². The van der Waals surface area contributed by atoms with E-state index in [0.717, 1.165) is 85.4 Å². The molecule has 0 aliphatic carbocycles. The van der Waals surface area contributed by atoms with Gasteiger partial charge in [-0.2, -0.15) is 0 Å². The van der Waals surface area contributed by atoms with Gasteiger partial charge in [-0.05, 0) is 144 Å². The fourth-order valence-corrected chi connectivity index (χ4v) is 11.2. The third kappa shape index (κ3) is 13.7. The number of hydrogen-bond donors (Lipinski definition) is 0. The van der Waals surface area contributed by atoms with E-state index in [1.165, 1.54) is 50.1 Å². The van der Waals surface area contributed by atoms with Gasteiger partial charge in [-0.1, -0.05) is 244 Å². The van der Waals surface area contributed by atoms with Gasteiger partial charge in [-0.15, -0.1) is 30.6 Å². The molecule has 0 aliphatic rings. The first-order valence-electron chi connectivity index (χ1n) is 30.1. The Labute approximate surface area is 535 Å². The van der Waals surface area contributed by atoms with Crippen LogP contribution in [-0.4, -0.2) is 44.3 Å². The molecule has 0 atom stereocenters. The van der Waals surface area contributed by atoms with Crippen LogP contribution < -0.4 is 0 Å². The van der Waals surface area contributed by atoms with Crippen LogP contribution in [-0.2, 0) is 36.4 Å². The molecule has 3 heterocycles. The molecule has 0 spiro atoms. The first-order chi connectivity index (χ1) is 41.6. The van der Waals surface area contributed by atoms with Crippen LogP contribution in [0.1, 0.15) is 112 Å². The molecule has 0 unspecified atom stereocenters. The smallest absolute Gasteiger partial charge is 0.169 e. The molecule has 0 saturated heterocycles. The van der Waals surface area contributed by atoms with Gasteiger partial charge in [0.25, 0.3) is 0 Å². The van der Waals surface area contributed by atoms with E-state index in [-0.39, 0.29) is 36.4 Å². The van der Waals surface area contributed by atoms with E-state index in [1.807, 2.05) is 54.6 Å². The molecule has 447 valence electrons. The largest absolute Gasteiger partial charge is 0.275 e. The molecule has 0 saturated carbocycles. The van der Waals surface area contributed by atoms with Crippen molar-refractivity contribution in [3.8, 4) is 85.4 Å². The van der Waals surface area contributed by atoms with Crippen LogP contribution in [0.3, 0.4) is 0 Å². The standard InChI is InChI=1S/3C26H27N3.Ir/c3*1-18-10-9-11-19(2)23(18)25-28-27-24(20-12-7-6-8-13-20)29(25)22-16-14-21(15-17-22)26(3,4)5;/h3*6-17H,1-5H3;. The van der Waals surface area contributed by atoms with Gasteiger partial charge in [0.05, 0.1) is 0 Å². The summed E-state index contributed by atoms with van der Waals surface area (Å²) >= 11 is 0. The average Bonchev–Trinajstić information content (AvgIpc) is 2.53. The average molecular weight is 1340 g/mol. The normalized spacial score (nSPS) is 11.5. The van der Waals surface area contributed by atoms with E-state index < -0.39 is 0 Å². The van der Waals surface area contributed by atoms with Crippen molar-refractivity contribution in [3.05, 3.63) is 268 Å². The Hall–Kier alpha value is -8.95. The molecule has 0 amide bonds. The van der Waals surface area contributed by atoms with Crippen molar-refractivity contribution >= 4 is 0 Å². The summed E-state index contributed by atoms with van der Waals surface area (Å²) in [5, 5.41) is 27.8. The van der Waals surface area contributed by atoms with Gasteiger partial charge in [0.1, 0.15) is 0 Å². The fraction of sp³-hybridized carbons (Fsp3) is 0.231. The van der Waals surface area contributed by atoms with Crippen LogP contribution in [0.5, 0.6) is 0 Å². The topological polar surface area (TPSA) is 92.1 Å². The fourth-order valence-electron chi connectivity index (χ4n) is 11.2. The number of nitrogens with zero attached hydrogens (tertiary/aromatic N) is 9. The summed E-state index contributed by atoms with van der Waals surface area (Å²) in [7, 11) is 0. The first kappa shape index (κ1) is 63.5. The van der Waals surface area contributed by atoms with Crippen molar-refractivity contribution in [3.63, 3.8) is 0 Å². The molecule has 1 radical (unpaired) electrons. The molecule has 12 rings (SSSR count). The van der Waals surface area contributed by atoms with Crippen LogP contribution in [0.4, 0.5) is 0 Å². The van der Waals surface area contributed by atoms with Gasteiger partial charge < -0.3 is 0 Å². The van der Waals surface area contributed by atoms with Crippen LogP contribution >= 0.6 is 0 Å². The van der Waals surface area contributed by atoms with Gasteiger partial charge in [0.2, 0.25) is 0 Å². The number of benzene rings is 9. The number of aryl methyl sites for hydroxylation is 6. The second-order valence-corrected chi connectivity index (χ2v) is 25.8. The monoisotopic (exact) mass is 1340 g/mol. The van der Waals surface area contributed by atoms with Gasteiger partial charge in [0, 0.05) is 70.5 Å². The van der Waals surface area contributed by atoms with E-state index in [2.05, 4.69) is 312 Å². The molecular formula is C78H81IrN9. The Kier molecular flexibility index (Phi) is 19.2. The van der Waals surface area contributed by atoms with Crippen LogP contribution in [0.15, 0.2) is 218 Å². The minimum Gasteiger partial charge on any atom is -0.275 e. The van der Waals surface area contributed by atoms with Crippen LogP contribution in [0.2, 0.25) is 0 Å². The van der Waals surface area contributed by atoms with Crippen molar-refractivity contribution in [2.75, 3.05) is 0 Å². The molecule has 0 N–H and O–H groups in total. The Morgan fingerprint density at radius 1 is 0.227 bits per heavy atom. The zero-order chi connectivity index (χ0) is 61.8. The molecule has 10 heteroatoms. The van der Waals surface area contributed by atoms with Gasteiger partial charge in [-0.25, -0.2) is 0 Å². The van der Waals surface area contributed by atoms with Crippen molar-refractivity contribution in [1.29, 1.82) is 0 Å². The first-order valence-corrected chi connectivity index (χ1v) is 30.1. The van der Waals surface area contributed by atoms with E-state index in [0.29, 0.717) is 0 Å². The summed E-state index contributed by atoms with van der Waals surface area (Å²) in [6, 6.07) is 76.1. The van der Waals surface area contributed by atoms with Crippen LogP contribution in [0.25, 0.3) is 85.4 Å². The Morgan fingerprint density at radius 3 is 0.614 bits per heavy atom. The Bertz CT molecular complexity index is 3780. The Morgan fingerprint density at radius 2 is 0.420 bits per heavy atom. The minimum absolute atomic E-state index is 0. The van der Waals surface area contributed by atoms with Gasteiger partial charge >= 0.3 is 0 Å². The third-order valence-corrected chi connectivity index (χ3v) is 16.2. The van der Waals surface area contributed by atoms with E-state index in [9.17, 15) is 0 Å². The molecular weight excluding hydrogens is 1260 g/mol. The summed E-state index contributed by atoms with van der Waals surface area (Å²) in [6.07, 6.45) is 0. The molecule has 9 aromatic carbocycles. The van der Waals surface area contributed by atoms with Gasteiger partial charge in [0.15, 0.2) is 34.9 Å². The maximum absolute atomic E-state index is 4.64. The summed E-state index contributed by atoms with van der Waals surface area (Å²) in [5.41, 5.74) is 21.3. The van der Waals surface area contributed by atoms with E-state index in [1.54, 1.807) is 0 Å². The van der Waals surface area contributed by atoms with Crippen molar-refractivity contribution in [2.24, 2.45) is 0 Å². The second kappa shape index (κ2) is 26.6. The molecule has 3 aromatic heterocycles. The number of hydrogen-bond acceptors (Lipinski definition) is 6. The summed E-state index contributed by atoms with van der Waals surface area (Å²) < 4.78 is 6.53. The van der Waals surface area contributed by atoms with Crippen LogP contribution in [0, 0.1) is 41.5 Å². The maximum Gasteiger partial charge on any atom is 0.169 e. The SMILES string of the molecule is Cc1cccc(C)c1-c1nnc(-c2ccccc2)n1-c1ccc(C(C)(C)C)cc1.Cc1cccc(C)c1-c1nnc(-c2ccccc2)n1-c1ccc(C(C)(C)C)cc1.Cc1cccc(C)c1-c1nnc(-c2ccccc2)n1-c1ccc(C(C)(C)C)cc1.[Ir]. The predicted octanol–water partition coefficient (Wildman–Crippen LogP) is 19.5. The molecule has 0 fully saturated rings. The third-order valence-electron chi connectivity index (χ3n) is 16.2. The second-order valence-electron chi connectivity index (χ2n) is 25.8. The summed E-state index contributed by atoms with van der Waals surface area (Å²) in [5.74, 6) is 5.19. The van der Waals surface area contributed by atoms with Crippen molar-refractivity contribution in [2.45, 2.75) is 120 Å².